The second kappa shape index (κ2) is 5.54. The molecule has 0 unspecified atom stereocenters. The lowest BCUT2D eigenvalue weighted by Gasteiger charge is -1.99. The van der Waals surface area contributed by atoms with E-state index in [1.165, 1.54) is 28.1 Å². The van der Waals surface area contributed by atoms with Gasteiger partial charge < -0.3 is 4.98 Å². The predicted molar refractivity (Wildman–Crippen MR) is 80.4 cm³/mol. The topological polar surface area (TPSA) is 15.8 Å². The molecule has 0 radical (unpaired) electrons. The van der Waals surface area contributed by atoms with E-state index in [0.29, 0.717) is 0 Å². The Morgan fingerprint density at radius 1 is 0.944 bits per heavy atom. The number of H-pyrrole nitrogens is 1. The van der Waals surface area contributed by atoms with Gasteiger partial charge in [-0.3, -0.25) is 0 Å². The Labute approximate surface area is 109 Å². The van der Waals surface area contributed by atoms with Crippen molar-refractivity contribution in [2.24, 2.45) is 0 Å². The van der Waals surface area contributed by atoms with Gasteiger partial charge in [0, 0.05) is 17.0 Å². The summed E-state index contributed by atoms with van der Waals surface area (Å²) in [6, 6.07) is 10.5. The lowest BCUT2D eigenvalue weighted by molar-refractivity contribution is 1.35. The number of aromatic amines is 1. The summed E-state index contributed by atoms with van der Waals surface area (Å²) in [4.78, 5) is 3.51. The maximum Gasteiger partial charge on any atom is 0.0494 e. The van der Waals surface area contributed by atoms with Gasteiger partial charge in [-0.1, -0.05) is 48.6 Å². The largest absolute Gasteiger partial charge is 0.354 e. The van der Waals surface area contributed by atoms with Crippen molar-refractivity contribution in [1.29, 1.82) is 0 Å². The van der Waals surface area contributed by atoms with Gasteiger partial charge in [-0.15, -0.1) is 0 Å². The Morgan fingerprint density at radius 3 is 2.22 bits per heavy atom. The number of hydrogen-bond acceptors (Lipinski definition) is 0. The molecule has 0 aliphatic rings. The zero-order valence-corrected chi connectivity index (χ0v) is 11.2. The molecule has 1 heterocycles. The monoisotopic (exact) mass is 237 g/mol. The Hall–Kier alpha value is -2.02. The van der Waals surface area contributed by atoms with Gasteiger partial charge in [-0.25, -0.2) is 0 Å². The van der Waals surface area contributed by atoms with E-state index in [-0.39, 0.29) is 0 Å². The molecule has 0 aliphatic carbocycles. The van der Waals surface area contributed by atoms with Gasteiger partial charge in [0.25, 0.3) is 0 Å². The normalized spacial score (nSPS) is 11.7. The van der Waals surface area contributed by atoms with Crippen molar-refractivity contribution in [3.05, 3.63) is 59.3 Å². The third-order valence-corrected chi connectivity index (χ3v) is 3.06. The molecule has 18 heavy (non-hydrogen) atoms. The van der Waals surface area contributed by atoms with E-state index in [4.69, 9.17) is 0 Å². The molecule has 2 aromatic rings. The van der Waals surface area contributed by atoms with E-state index in [1.54, 1.807) is 0 Å². The number of aromatic nitrogens is 1. The zero-order valence-electron chi connectivity index (χ0n) is 11.2. The smallest absolute Gasteiger partial charge is 0.0494 e. The van der Waals surface area contributed by atoms with Gasteiger partial charge in [0.2, 0.25) is 0 Å². The van der Waals surface area contributed by atoms with Crippen molar-refractivity contribution in [3.63, 3.8) is 0 Å². The van der Waals surface area contributed by atoms with E-state index in [2.05, 4.69) is 60.5 Å². The van der Waals surface area contributed by atoms with Gasteiger partial charge in [0.1, 0.15) is 0 Å². The van der Waals surface area contributed by atoms with E-state index in [0.717, 1.165) is 0 Å². The van der Waals surface area contributed by atoms with Crippen LogP contribution in [0.3, 0.4) is 0 Å². The molecule has 0 fully saturated rings. The van der Waals surface area contributed by atoms with Crippen molar-refractivity contribution >= 4 is 12.2 Å². The molecule has 1 heteroatoms. The Morgan fingerprint density at radius 2 is 1.61 bits per heavy atom. The van der Waals surface area contributed by atoms with E-state index < -0.39 is 0 Å². The summed E-state index contributed by atoms with van der Waals surface area (Å²) in [5.41, 5.74) is 6.18. The second-order valence-electron chi connectivity index (χ2n) is 4.32. The molecular weight excluding hydrogens is 218 g/mol. The molecule has 1 aromatic carbocycles. The summed E-state index contributed by atoms with van der Waals surface area (Å²) in [5.74, 6) is 0. The van der Waals surface area contributed by atoms with Crippen molar-refractivity contribution in [3.8, 4) is 11.3 Å². The van der Waals surface area contributed by atoms with Crippen LogP contribution in [0.25, 0.3) is 23.4 Å². The van der Waals surface area contributed by atoms with Crippen molar-refractivity contribution in [1.82, 2.24) is 4.98 Å². The van der Waals surface area contributed by atoms with Gasteiger partial charge in [0.05, 0.1) is 0 Å². The second-order valence-corrected chi connectivity index (χ2v) is 4.32. The zero-order chi connectivity index (χ0) is 13.0. The van der Waals surface area contributed by atoms with E-state index >= 15 is 0 Å². The first-order chi connectivity index (χ1) is 8.77. The number of hydrogen-bond donors (Lipinski definition) is 1. The minimum Gasteiger partial charge on any atom is -0.354 e. The highest BCUT2D eigenvalue weighted by atomic mass is 14.7. The van der Waals surface area contributed by atoms with Gasteiger partial charge >= 0.3 is 0 Å². The van der Waals surface area contributed by atoms with Crippen LogP contribution in [0.4, 0.5) is 0 Å². The fourth-order valence-electron chi connectivity index (χ4n) is 2.21. The molecule has 1 aromatic heterocycles. The van der Waals surface area contributed by atoms with Gasteiger partial charge in [0.15, 0.2) is 0 Å². The molecule has 0 amide bonds. The first-order valence-corrected chi connectivity index (χ1v) is 6.31. The first kappa shape index (κ1) is 12.4. The third-order valence-electron chi connectivity index (χ3n) is 3.06. The van der Waals surface area contributed by atoms with Crippen LogP contribution >= 0.6 is 0 Å². The molecule has 92 valence electrons. The maximum absolute atomic E-state index is 3.51. The molecule has 1 nitrogen and oxygen atoms in total. The summed E-state index contributed by atoms with van der Waals surface area (Å²) in [7, 11) is 0. The SMILES string of the molecule is C/C=C\c1[nH]c(-c2ccccc2)c(C)c1/C=C\C. The quantitative estimate of drug-likeness (QED) is 0.768. The van der Waals surface area contributed by atoms with Crippen molar-refractivity contribution < 1.29 is 0 Å². The van der Waals surface area contributed by atoms with Gasteiger partial charge in [-0.05, 0) is 38.0 Å². The highest BCUT2D eigenvalue weighted by molar-refractivity contribution is 5.76. The summed E-state index contributed by atoms with van der Waals surface area (Å²) < 4.78 is 0. The minimum absolute atomic E-state index is 1.17. The minimum atomic E-state index is 1.17. The number of nitrogens with one attached hydrogen (secondary N) is 1. The third kappa shape index (κ3) is 2.30. The Balaban J connectivity index is 2.60. The van der Waals surface area contributed by atoms with Crippen LogP contribution in [0.1, 0.15) is 30.7 Å². The van der Waals surface area contributed by atoms with Gasteiger partial charge in [-0.2, -0.15) is 0 Å². The fourth-order valence-corrected chi connectivity index (χ4v) is 2.21. The summed E-state index contributed by atoms with van der Waals surface area (Å²) >= 11 is 0. The van der Waals surface area contributed by atoms with Crippen LogP contribution in [0.15, 0.2) is 42.5 Å². The molecule has 0 atom stereocenters. The molecule has 0 saturated heterocycles. The molecule has 2 rings (SSSR count). The summed E-state index contributed by atoms with van der Waals surface area (Å²) in [5, 5.41) is 0. The summed E-state index contributed by atoms with van der Waals surface area (Å²) in [6.07, 6.45) is 8.42. The van der Waals surface area contributed by atoms with Crippen molar-refractivity contribution in [2.75, 3.05) is 0 Å². The molecule has 0 aliphatic heterocycles. The first-order valence-electron chi connectivity index (χ1n) is 6.31. The average molecular weight is 237 g/mol. The number of benzene rings is 1. The Bertz CT molecular complexity index is 571. The standard InChI is InChI=1S/C17H19N/c1-4-9-15-13(3)17(18-16(15)10-5-2)14-11-7-6-8-12-14/h4-12,18H,1-3H3/b9-4-,10-5-. The molecule has 1 N–H and O–H groups in total. The molecule has 0 saturated carbocycles. The van der Waals surface area contributed by atoms with Crippen LogP contribution in [-0.2, 0) is 0 Å². The fraction of sp³-hybridized carbons (Fsp3) is 0.176. The lowest BCUT2D eigenvalue weighted by atomic mass is 10.0. The van der Waals surface area contributed by atoms with Crippen LogP contribution in [-0.4, -0.2) is 4.98 Å². The lowest BCUT2D eigenvalue weighted by Crippen LogP contribution is -1.80. The predicted octanol–water partition coefficient (Wildman–Crippen LogP) is 5.06. The molecule has 0 spiro atoms. The number of rotatable bonds is 3. The van der Waals surface area contributed by atoms with Crippen LogP contribution in [0.2, 0.25) is 0 Å². The maximum atomic E-state index is 3.51. The van der Waals surface area contributed by atoms with Crippen LogP contribution in [0.5, 0.6) is 0 Å². The van der Waals surface area contributed by atoms with Crippen LogP contribution in [0, 0.1) is 6.92 Å². The molecule has 0 bridgehead atoms. The van der Waals surface area contributed by atoms with E-state index in [1.807, 2.05) is 19.9 Å². The van der Waals surface area contributed by atoms with Crippen molar-refractivity contribution in [2.45, 2.75) is 20.8 Å². The number of allylic oxidation sites excluding steroid dienone is 2. The average Bonchev–Trinajstić information content (AvgIpc) is 2.70. The Kier molecular flexibility index (Phi) is 3.83. The summed E-state index contributed by atoms with van der Waals surface area (Å²) in [6.45, 7) is 6.26. The molecular formula is C17H19N. The highest BCUT2D eigenvalue weighted by Gasteiger charge is 2.11. The van der Waals surface area contributed by atoms with E-state index in [9.17, 15) is 0 Å². The van der Waals surface area contributed by atoms with Crippen LogP contribution < -0.4 is 0 Å². The highest BCUT2D eigenvalue weighted by Crippen LogP contribution is 2.29.